The number of nitrogens with one attached hydrogen (secondary N) is 2. The van der Waals surface area contributed by atoms with Gasteiger partial charge in [-0.25, -0.2) is 9.97 Å². The molecule has 0 radical (unpaired) electrons. The maximum absolute atomic E-state index is 11.8. The summed E-state index contributed by atoms with van der Waals surface area (Å²) in [7, 11) is 1.55. The minimum atomic E-state index is -0.692. The van der Waals surface area contributed by atoms with Gasteiger partial charge in [0.1, 0.15) is 17.6 Å². The van der Waals surface area contributed by atoms with Crippen LogP contribution in [0.5, 0.6) is 5.75 Å². The minimum absolute atomic E-state index is 0.0484. The van der Waals surface area contributed by atoms with Crippen LogP contribution >= 0.6 is 0 Å². The van der Waals surface area contributed by atoms with Crippen molar-refractivity contribution in [1.82, 2.24) is 9.97 Å². The average Bonchev–Trinajstić information content (AvgIpc) is 2.60. The van der Waals surface area contributed by atoms with Crippen molar-refractivity contribution in [3.8, 4) is 5.75 Å². The number of anilines is 3. The molecular formula is C19H26N6O3. The Labute approximate surface area is 163 Å². The molecule has 0 aliphatic carbocycles. The standard InChI is InChI=1S/C19H26N6O3/c1-10(2)5-15(18(20)26)24-12-7-14(17(19(21)27)22-9-12)25-16-8-13(28-4)6-11(3)23-16/h6-10,15,24H,5H2,1-4H3,(H2,20,26)(H2,21,27)(H,23,25)/t15-/m1/s1. The molecule has 9 nitrogen and oxygen atoms in total. The van der Waals surface area contributed by atoms with Crippen molar-refractivity contribution in [2.75, 3.05) is 17.7 Å². The van der Waals surface area contributed by atoms with Gasteiger partial charge in [0.25, 0.3) is 5.91 Å². The second-order valence-corrected chi connectivity index (χ2v) is 6.87. The summed E-state index contributed by atoms with van der Waals surface area (Å²) in [5.74, 6) is 0.189. The number of nitrogens with zero attached hydrogens (tertiary/aromatic N) is 2. The molecule has 0 bridgehead atoms. The van der Waals surface area contributed by atoms with E-state index in [1.54, 1.807) is 25.3 Å². The van der Waals surface area contributed by atoms with Gasteiger partial charge < -0.3 is 26.8 Å². The second kappa shape index (κ2) is 9.03. The van der Waals surface area contributed by atoms with Crippen LogP contribution in [0.3, 0.4) is 0 Å². The number of aromatic nitrogens is 2. The topological polar surface area (TPSA) is 145 Å². The van der Waals surface area contributed by atoms with Crippen LogP contribution in [0.15, 0.2) is 24.4 Å². The first-order valence-electron chi connectivity index (χ1n) is 8.85. The maximum atomic E-state index is 11.8. The zero-order valence-electron chi connectivity index (χ0n) is 16.4. The zero-order chi connectivity index (χ0) is 20.8. The van der Waals surface area contributed by atoms with Crippen LogP contribution in [0.4, 0.5) is 17.2 Å². The Hall–Kier alpha value is -3.36. The fourth-order valence-electron chi connectivity index (χ4n) is 2.71. The Balaban J connectivity index is 2.36. The Morgan fingerprint density at radius 1 is 1.21 bits per heavy atom. The number of hydrogen-bond acceptors (Lipinski definition) is 7. The molecule has 0 aliphatic heterocycles. The van der Waals surface area contributed by atoms with Gasteiger partial charge in [0.05, 0.1) is 24.7 Å². The van der Waals surface area contributed by atoms with Crippen LogP contribution in [-0.2, 0) is 4.79 Å². The number of aryl methyl sites for hydroxylation is 1. The van der Waals surface area contributed by atoms with Crippen molar-refractivity contribution in [3.63, 3.8) is 0 Å². The number of carbonyl (C=O) groups excluding carboxylic acids is 2. The summed E-state index contributed by atoms with van der Waals surface area (Å²) in [6, 6.07) is 4.54. The van der Waals surface area contributed by atoms with E-state index in [1.165, 1.54) is 6.20 Å². The lowest BCUT2D eigenvalue weighted by molar-refractivity contribution is -0.119. The lowest BCUT2D eigenvalue weighted by Crippen LogP contribution is -2.36. The molecular weight excluding hydrogens is 360 g/mol. The molecule has 6 N–H and O–H groups in total. The molecule has 0 saturated carbocycles. The average molecular weight is 386 g/mol. The molecule has 0 aliphatic rings. The van der Waals surface area contributed by atoms with Gasteiger partial charge in [-0.3, -0.25) is 9.59 Å². The largest absolute Gasteiger partial charge is 0.497 e. The predicted molar refractivity (Wildman–Crippen MR) is 108 cm³/mol. The maximum Gasteiger partial charge on any atom is 0.269 e. The molecule has 1 atom stereocenters. The number of methoxy groups -OCH3 is 1. The summed E-state index contributed by atoms with van der Waals surface area (Å²) in [5, 5.41) is 6.10. The predicted octanol–water partition coefficient (Wildman–Crippen LogP) is 1.95. The highest BCUT2D eigenvalue weighted by molar-refractivity contribution is 5.97. The number of rotatable bonds is 9. The quantitative estimate of drug-likeness (QED) is 0.515. The molecule has 0 unspecified atom stereocenters. The first-order valence-corrected chi connectivity index (χ1v) is 8.85. The summed E-state index contributed by atoms with van der Waals surface area (Å²) < 4.78 is 5.24. The molecule has 0 fully saturated rings. The fourth-order valence-corrected chi connectivity index (χ4v) is 2.71. The summed E-state index contributed by atoms with van der Waals surface area (Å²) in [6.07, 6.45) is 2.00. The Bertz CT molecular complexity index is 869. The van der Waals surface area contributed by atoms with Gasteiger partial charge >= 0.3 is 0 Å². The van der Waals surface area contributed by atoms with Crippen LogP contribution in [0.25, 0.3) is 0 Å². The molecule has 2 heterocycles. The molecule has 2 amide bonds. The van der Waals surface area contributed by atoms with E-state index in [4.69, 9.17) is 16.2 Å². The van der Waals surface area contributed by atoms with Crippen molar-refractivity contribution in [3.05, 3.63) is 35.8 Å². The zero-order valence-corrected chi connectivity index (χ0v) is 16.4. The van der Waals surface area contributed by atoms with E-state index in [-0.39, 0.29) is 11.6 Å². The summed E-state index contributed by atoms with van der Waals surface area (Å²) in [6.45, 7) is 5.81. The summed E-state index contributed by atoms with van der Waals surface area (Å²) in [5.41, 5.74) is 12.6. The SMILES string of the molecule is COc1cc(C)nc(Nc2cc(N[C@H](CC(C)C)C(N)=O)cnc2C(N)=O)c1. The van der Waals surface area contributed by atoms with Crippen LogP contribution in [0, 0.1) is 12.8 Å². The molecule has 28 heavy (non-hydrogen) atoms. The van der Waals surface area contributed by atoms with Crippen molar-refractivity contribution in [1.29, 1.82) is 0 Å². The van der Waals surface area contributed by atoms with E-state index < -0.39 is 17.9 Å². The van der Waals surface area contributed by atoms with Crippen LogP contribution in [0.1, 0.15) is 36.5 Å². The van der Waals surface area contributed by atoms with Gasteiger partial charge in [-0.15, -0.1) is 0 Å². The Kier molecular flexibility index (Phi) is 6.75. The number of primary amides is 2. The Morgan fingerprint density at radius 3 is 2.50 bits per heavy atom. The van der Waals surface area contributed by atoms with E-state index >= 15 is 0 Å². The van der Waals surface area contributed by atoms with Crippen molar-refractivity contribution in [2.24, 2.45) is 17.4 Å². The van der Waals surface area contributed by atoms with Gasteiger partial charge in [0.2, 0.25) is 5.91 Å². The van der Waals surface area contributed by atoms with E-state index in [2.05, 4.69) is 20.6 Å². The molecule has 2 aromatic rings. The molecule has 2 aromatic heterocycles. The molecule has 2 rings (SSSR count). The van der Waals surface area contributed by atoms with Gasteiger partial charge in [-0.2, -0.15) is 0 Å². The van der Waals surface area contributed by atoms with Gasteiger partial charge in [0.15, 0.2) is 5.69 Å². The smallest absolute Gasteiger partial charge is 0.269 e. The number of amides is 2. The summed E-state index contributed by atoms with van der Waals surface area (Å²) >= 11 is 0. The van der Waals surface area contributed by atoms with Crippen molar-refractivity contribution < 1.29 is 14.3 Å². The lowest BCUT2D eigenvalue weighted by atomic mass is 10.0. The first kappa shape index (κ1) is 20.9. The van der Waals surface area contributed by atoms with Gasteiger partial charge in [-0.1, -0.05) is 13.8 Å². The van der Waals surface area contributed by atoms with Crippen LogP contribution in [-0.4, -0.2) is 34.9 Å². The van der Waals surface area contributed by atoms with E-state index in [9.17, 15) is 9.59 Å². The van der Waals surface area contributed by atoms with Crippen molar-refractivity contribution >= 4 is 29.0 Å². The van der Waals surface area contributed by atoms with Gasteiger partial charge in [0, 0.05) is 17.8 Å². The number of ether oxygens (including phenoxy) is 1. The molecule has 0 saturated heterocycles. The molecule has 9 heteroatoms. The van der Waals surface area contributed by atoms with Gasteiger partial charge in [-0.05, 0) is 25.3 Å². The molecule has 0 aromatic carbocycles. The summed E-state index contributed by atoms with van der Waals surface area (Å²) in [4.78, 5) is 32.0. The third-order valence-electron chi connectivity index (χ3n) is 3.94. The highest BCUT2D eigenvalue weighted by Gasteiger charge is 2.19. The number of hydrogen-bond donors (Lipinski definition) is 4. The van der Waals surface area contributed by atoms with E-state index in [0.717, 1.165) is 5.69 Å². The lowest BCUT2D eigenvalue weighted by Gasteiger charge is -2.19. The molecule has 150 valence electrons. The fraction of sp³-hybridized carbons (Fsp3) is 0.368. The van der Waals surface area contributed by atoms with E-state index in [1.807, 2.05) is 20.8 Å². The molecule has 0 spiro atoms. The van der Waals surface area contributed by atoms with E-state index in [0.29, 0.717) is 29.4 Å². The Morgan fingerprint density at radius 2 is 1.93 bits per heavy atom. The van der Waals surface area contributed by atoms with Crippen LogP contribution < -0.4 is 26.8 Å². The normalized spacial score (nSPS) is 11.8. The third-order valence-corrected chi connectivity index (χ3v) is 3.94. The number of pyridine rings is 2. The third kappa shape index (κ3) is 5.57. The highest BCUT2D eigenvalue weighted by atomic mass is 16.5. The second-order valence-electron chi connectivity index (χ2n) is 6.87. The highest BCUT2D eigenvalue weighted by Crippen LogP contribution is 2.25. The first-order chi connectivity index (χ1) is 13.2. The monoisotopic (exact) mass is 386 g/mol. The number of carbonyl (C=O) groups is 2. The minimum Gasteiger partial charge on any atom is -0.497 e. The van der Waals surface area contributed by atoms with Crippen LogP contribution in [0.2, 0.25) is 0 Å². The van der Waals surface area contributed by atoms with Crippen molar-refractivity contribution in [2.45, 2.75) is 33.2 Å². The number of nitrogens with two attached hydrogens (primary N) is 2.